The van der Waals surface area contributed by atoms with Gasteiger partial charge in [0.1, 0.15) is 6.10 Å². The molecule has 1 aliphatic carbocycles. The molecule has 3 unspecified atom stereocenters. The maximum absolute atomic E-state index is 12.8. The van der Waals surface area contributed by atoms with Crippen LogP contribution in [-0.2, 0) is 14.3 Å². The zero-order valence-corrected chi connectivity index (χ0v) is 14.2. The van der Waals surface area contributed by atoms with E-state index in [9.17, 15) is 14.7 Å². The number of morpholine rings is 1. The van der Waals surface area contributed by atoms with Gasteiger partial charge in [-0.15, -0.1) is 0 Å². The molecule has 0 spiro atoms. The van der Waals surface area contributed by atoms with Crippen molar-refractivity contribution in [3.05, 3.63) is 34.9 Å². The van der Waals surface area contributed by atoms with Crippen LogP contribution in [0.3, 0.4) is 0 Å². The molecule has 130 valence electrons. The maximum Gasteiger partial charge on any atom is 0.306 e. The van der Waals surface area contributed by atoms with Gasteiger partial charge in [0.2, 0.25) is 5.91 Å². The zero-order chi connectivity index (χ0) is 17.1. The van der Waals surface area contributed by atoms with Crippen LogP contribution in [0.15, 0.2) is 24.3 Å². The molecule has 3 atom stereocenters. The van der Waals surface area contributed by atoms with Gasteiger partial charge in [0.25, 0.3) is 0 Å². The van der Waals surface area contributed by atoms with E-state index < -0.39 is 11.9 Å². The van der Waals surface area contributed by atoms with Crippen molar-refractivity contribution < 1.29 is 19.4 Å². The van der Waals surface area contributed by atoms with Crippen molar-refractivity contribution in [3.8, 4) is 0 Å². The minimum absolute atomic E-state index is 0.0660. The van der Waals surface area contributed by atoms with Crippen LogP contribution in [0.25, 0.3) is 0 Å². The van der Waals surface area contributed by atoms with Crippen molar-refractivity contribution in [1.29, 1.82) is 0 Å². The van der Waals surface area contributed by atoms with Gasteiger partial charge in [-0.05, 0) is 37.0 Å². The first-order valence-electron chi connectivity index (χ1n) is 8.43. The second-order valence-corrected chi connectivity index (χ2v) is 7.03. The second kappa shape index (κ2) is 7.53. The first-order valence-corrected chi connectivity index (χ1v) is 8.81. The highest BCUT2D eigenvalue weighted by atomic mass is 35.5. The summed E-state index contributed by atoms with van der Waals surface area (Å²) in [6, 6.07) is 7.50. The number of carbonyl (C=O) groups is 2. The third-order valence-corrected chi connectivity index (χ3v) is 5.21. The number of benzene rings is 1. The molecule has 1 aliphatic heterocycles. The first kappa shape index (κ1) is 17.2. The van der Waals surface area contributed by atoms with Crippen LogP contribution in [0.5, 0.6) is 0 Å². The standard InChI is InChI=1S/C18H22ClNO4/c19-15-6-2-3-12(10-15)16-11-20(7-8-24-16)17(21)13-4-1-5-14(9-13)18(22)23/h2-3,6,10,13-14,16H,1,4-5,7-9,11H2,(H,22,23). The predicted octanol–water partition coefficient (Wildman–Crippen LogP) is 3.13. The molecule has 1 amide bonds. The van der Waals surface area contributed by atoms with Crippen LogP contribution in [0.2, 0.25) is 5.02 Å². The van der Waals surface area contributed by atoms with Gasteiger partial charge < -0.3 is 14.7 Å². The lowest BCUT2D eigenvalue weighted by Gasteiger charge is -2.37. The summed E-state index contributed by atoms with van der Waals surface area (Å²) < 4.78 is 5.80. The summed E-state index contributed by atoms with van der Waals surface area (Å²) in [6.07, 6.45) is 2.53. The summed E-state index contributed by atoms with van der Waals surface area (Å²) >= 11 is 6.04. The molecule has 6 heteroatoms. The molecule has 5 nitrogen and oxygen atoms in total. The summed E-state index contributed by atoms with van der Waals surface area (Å²) in [7, 11) is 0. The Bertz CT molecular complexity index is 621. The van der Waals surface area contributed by atoms with Crippen LogP contribution in [-0.4, -0.2) is 41.6 Å². The molecule has 24 heavy (non-hydrogen) atoms. The van der Waals surface area contributed by atoms with Gasteiger partial charge in [-0.3, -0.25) is 9.59 Å². The second-order valence-electron chi connectivity index (χ2n) is 6.60. The smallest absolute Gasteiger partial charge is 0.306 e. The highest BCUT2D eigenvalue weighted by Gasteiger charge is 2.35. The number of rotatable bonds is 3. The third kappa shape index (κ3) is 3.90. The number of ether oxygens (including phenoxy) is 1. The number of amides is 1. The van der Waals surface area contributed by atoms with E-state index in [2.05, 4.69) is 0 Å². The van der Waals surface area contributed by atoms with Crippen LogP contribution in [0.4, 0.5) is 0 Å². The minimum atomic E-state index is -0.786. The SMILES string of the molecule is O=C(O)C1CCCC(C(=O)N2CCOC(c3cccc(Cl)c3)C2)C1. The van der Waals surface area contributed by atoms with Gasteiger partial charge in [-0.25, -0.2) is 0 Å². The summed E-state index contributed by atoms with van der Waals surface area (Å²) in [5, 5.41) is 9.86. The fourth-order valence-electron chi connectivity index (χ4n) is 3.65. The van der Waals surface area contributed by atoms with E-state index in [0.29, 0.717) is 37.6 Å². The molecule has 1 aromatic carbocycles. The van der Waals surface area contributed by atoms with E-state index in [1.165, 1.54) is 0 Å². The molecule has 1 saturated carbocycles. The molecule has 2 fully saturated rings. The molecular formula is C18H22ClNO4. The van der Waals surface area contributed by atoms with Crippen LogP contribution < -0.4 is 0 Å². The van der Waals surface area contributed by atoms with E-state index in [1.54, 1.807) is 0 Å². The zero-order valence-electron chi connectivity index (χ0n) is 13.5. The molecule has 1 saturated heterocycles. The van der Waals surface area contributed by atoms with Crippen molar-refractivity contribution in [2.75, 3.05) is 19.7 Å². The highest BCUT2D eigenvalue weighted by molar-refractivity contribution is 6.30. The lowest BCUT2D eigenvalue weighted by atomic mass is 9.80. The fraction of sp³-hybridized carbons (Fsp3) is 0.556. The molecular weight excluding hydrogens is 330 g/mol. The van der Waals surface area contributed by atoms with Crippen molar-refractivity contribution in [1.82, 2.24) is 4.90 Å². The van der Waals surface area contributed by atoms with Crippen LogP contribution in [0.1, 0.15) is 37.4 Å². The van der Waals surface area contributed by atoms with Crippen molar-refractivity contribution in [2.45, 2.75) is 31.8 Å². The Morgan fingerprint density at radius 1 is 1.25 bits per heavy atom. The molecule has 1 heterocycles. The Hall–Kier alpha value is -1.59. The van der Waals surface area contributed by atoms with Gasteiger partial charge in [0.15, 0.2) is 0 Å². The largest absolute Gasteiger partial charge is 0.481 e. The Morgan fingerprint density at radius 3 is 2.79 bits per heavy atom. The fourth-order valence-corrected chi connectivity index (χ4v) is 3.85. The molecule has 0 radical (unpaired) electrons. The van der Waals surface area contributed by atoms with Crippen LogP contribution in [0, 0.1) is 11.8 Å². The Morgan fingerprint density at radius 2 is 2.04 bits per heavy atom. The monoisotopic (exact) mass is 351 g/mol. The van der Waals surface area contributed by atoms with E-state index in [-0.39, 0.29) is 17.9 Å². The average molecular weight is 352 g/mol. The molecule has 2 aliphatic rings. The highest BCUT2D eigenvalue weighted by Crippen LogP contribution is 2.32. The number of halogens is 1. The Labute approximate surface area is 146 Å². The van der Waals surface area contributed by atoms with Crippen molar-refractivity contribution in [3.63, 3.8) is 0 Å². The van der Waals surface area contributed by atoms with E-state index in [4.69, 9.17) is 16.3 Å². The topological polar surface area (TPSA) is 66.8 Å². The number of nitrogens with zero attached hydrogens (tertiary/aromatic N) is 1. The number of carboxylic acid groups (broad SMARTS) is 1. The van der Waals surface area contributed by atoms with Gasteiger partial charge in [-0.2, -0.15) is 0 Å². The number of hydrogen-bond acceptors (Lipinski definition) is 3. The minimum Gasteiger partial charge on any atom is -0.481 e. The predicted molar refractivity (Wildman–Crippen MR) is 89.8 cm³/mol. The lowest BCUT2D eigenvalue weighted by molar-refractivity contribution is -0.148. The lowest BCUT2D eigenvalue weighted by Crippen LogP contribution is -2.46. The number of carbonyl (C=O) groups excluding carboxylic acids is 1. The average Bonchev–Trinajstić information content (AvgIpc) is 2.61. The van der Waals surface area contributed by atoms with Crippen molar-refractivity contribution >= 4 is 23.5 Å². The maximum atomic E-state index is 12.8. The number of aliphatic carboxylic acids is 1. The Balaban J connectivity index is 1.65. The van der Waals surface area contributed by atoms with E-state index >= 15 is 0 Å². The molecule has 1 aromatic rings. The third-order valence-electron chi connectivity index (χ3n) is 4.97. The Kier molecular flexibility index (Phi) is 5.41. The number of hydrogen-bond donors (Lipinski definition) is 1. The van der Waals surface area contributed by atoms with E-state index in [1.807, 2.05) is 29.2 Å². The molecule has 1 N–H and O–H groups in total. The number of carboxylic acids is 1. The summed E-state index contributed by atoms with van der Waals surface area (Å²) in [5.41, 5.74) is 0.965. The van der Waals surface area contributed by atoms with Gasteiger partial charge in [0, 0.05) is 17.5 Å². The normalized spacial score (nSPS) is 27.7. The molecule has 0 bridgehead atoms. The summed E-state index contributed by atoms with van der Waals surface area (Å²) in [6.45, 7) is 1.54. The van der Waals surface area contributed by atoms with Gasteiger partial charge in [-0.1, -0.05) is 30.2 Å². The quantitative estimate of drug-likeness (QED) is 0.908. The van der Waals surface area contributed by atoms with Crippen molar-refractivity contribution in [2.24, 2.45) is 11.8 Å². The van der Waals surface area contributed by atoms with Crippen LogP contribution >= 0.6 is 11.6 Å². The van der Waals surface area contributed by atoms with Gasteiger partial charge >= 0.3 is 5.97 Å². The first-order chi connectivity index (χ1) is 11.5. The van der Waals surface area contributed by atoms with E-state index in [0.717, 1.165) is 18.4 Å². The molecule has 0 aromatic heterocycles. The molecule has 3 rings (SSSR count). The van der Waals surface area contributed by atoms with Gasteiger partial charge in [0.05, 0.1) is 19.1 Å². The summed E-state index contributed by atoms with van der Waals surface area (Å²) in [5.74, 6) is -1.29. The summed E-state index contributed by atoms with van der Waals surface area (Å²) in [4.78, 5) is 25.9.